The first-order chi connectivity index (χ1) is 13.5. The lowest BCUT2D eigenvalue weighted by Crippen LogP contribution is -2.10. The lowest BCUT2D eigenvalue weighted by atomic mass is 10.1. The summed E-state index contributed by atoms with van der Waals surface area (Å²) in [5.74, 6) is 0.288. The van der Waals surface area contributed by atoms with E-state index in [4.69, 9.17) is 9.47 Å². The maximum atomic E-state index is 12.6. The zero-order chi connectivity index (χ0) is 19.7. The highest BCUT2D eigenvalue weighted by Gasteiger charge is 2.28. The maximum Gasteiger partial charge on any atom is 0.343 e. The van der Waals surface area contributed by atoms with E-state index in [9.17, 15) is 9.59 Å². The quantitative estimate of drug-likeness (QED) is 0.306. The average Bonchev–Trinajstić information content (AvgIpc) is 2.99. The lowest BCUT2D eigenvalue weighted by Gasteiger charge is -2.07. The van der Waals surface area contributed by atoms with Gasteiger partial charge in [-0.25, -0.2) is 4.79 Å². The van der Waals surface area contributed by atoms with Gasteiger partial charge >= 0.3 is 5.97 Å². The monoisotopic (exact) mass is 434 g/mol. The highest BCUT2D eigenvalue weighted by Crippen LogP contribution is 2.35. The van der Waals surface area contributed by atoms with Crippen molar-refractivity contribution in [2.45, 2.75) is 6.92 Å². The number of ether oxygens (including phenoxy) is 2. The van der Waals surface area contributed by atoms with Gasteiger partial charge in [-0.05, 0) is 54.5 Å². The van der Waals surface area contributed by atoms with Crippen LogP contribution in [-0.4, -0.2) is 11.8 Å². The molecule has 0 spiro atoms. The Bertz CT molecular complexity index is 1110. The van der Waals surface area contributed by atoms with Crippen molar-refractivity contribution in [1.82, 2.24) is 0 Å². The zero-order valence-corrected chi connectivity index (χ0v) is 16.5. The molecule has 0 atom stereocenters. The smallest absolute Gasteiger partial charge is 0.343 e. The molecule has 3 aromatic carbocycles. The van der Waals surface area contributed by atoms with Crippen LogP contribution in [0.5, 0.6) is 11.5 Å². The van der Waals surface area contributed by atoms with Crippen LogP contribution in [0.3, 0.4) is 0 Å². The number of ketones is 1. The van der Waals surface area contributed by atoms with Gasteiger partial charge in [0.15, 0.2) is 5.76 Å². The van der Waals surface area contributed by atoms with Crippen molar-refractivity contribution in [2.24, 2.45) is 0 Å². The van der Waals surface area contributed by atoms with Crippen molar-refractivity contribution in [3.8, 4) is 11.5 Å². The molecule has 138 valence electrons. The van der Waals surface area contributed by atoms with Gasteiger partial charge in [-0.2, -0.15) is 0 Å². The number of hydrogen-bond donors (Lipinski definition) is 0. The third kappa shape index (κ3) is 3.62. The Morgan fingerprint density at radius 3 is 2.54 bits per heavy atom. The number of carbonyl (C=O) groups excluding carboxylic acids is 2. The number of benzene rings is 3. The molecule has 1 aliphatic heterocycles. The van der Waals surface area contributed by atoms with Crippen molar-refractivity contribution in [3.05, 3.63) is 99.2 Å². The number of carbonyl (C=O) groups is 2. The fourth-order valence-electron chi connectivity index (χ4n) is 2.91. The Labute approximate surface area is 170 Å². The van der Waals surface area contributed by atoms with E-state index < -0.39 is 5.97 Å². The van der Waals surface area contributed by atoms with Crippen molar-refractivity contribution in [2.75, 3.05) is 0 Å². The first-order valence-corrected chi connectivity index (χ1v) is 9.42. The molecule has 1 heterocycles. The third-order valence-corrected chi connectivity index (χ3v) is 4.91. The molecule has 0 fully saturated rings. The summed E-state index contributed by atoms with van der Waals surface area (Å²) in [4.78, 5) is 24.9. The van der Waals surface area contributed by atoms with E-state index in [2.05, 4.69) is 15.9 Å². The Morgan fingerprint density at radius 2 is 1.79 bits per heavy atom. The molecule has 4 rings (SSSR count). The van der Waals surface area contributed by atoms with Crippen LogP contribution in [-0.2, 0) is 0 Å². The normalized spacial score (nSPS) is 13.9. The summed E-state index contributed by atoms with van der Waals surface area (Å²) in [6.45, 7) is 1.85. The second-order valence-corrected chi connectivity index (χ2v) is 7.27. The number of rotatable bonds is 3. The van der Waals surface area contributed by atoms with Crippen molar-refractivity contribution < 1.29 is 19.1 Å². The van der Waals surface area contributed by atoms with Gasteiger partial charge in [-0.3, -0.25) is 4.79 Å². The molecule has 0 radical (unpaired) electrons. The maximum absolute atomic E-state index is 12.6. The van der Waals surface area contributed by atoms with Crippen molar-refractivity contribution in [3.63, 3.8) is 0 Å². The number of halogens is 1. The number of Topliss-reactive ketones (excluding diaryl/α,β-unsaturated/α-hetero) is 1. The van der Waals surface area contributed by atoms with Gasteiger partial charge in [-0.15, -0.1) is 0 Å². The third-order valence-electron chi connectivity index (χ3n) is 4.38. The summed E-state index contributed by atoms with van der Waals surface area (Å²) >= 11 is 3.38. The fourth-order valence-corrected chi connectivity index (χ4v) is 3.17. The molecule has 0 N–H and O–H groups in total. The molecule has 0 saturated carbocycles. The molecule has 0 unspecified atom stereocenters. The van der Waals surface area contributed by atoms with E-state index >= 15 is 0 Å². The van der Waals surface area contributed by atoms with Crippen LogP contribution in [0.25, 0.3) is 6.08 Å². The Hall–Kier alpha value is -3.18. The molecule has 0 bridgehead atoms. The average molecular weight is 435 g/mol. The largest absolute Gasteiger partial charge is 0.452 e. The molecular formula is C23H15BrO4. The minimum atomic E-state index is -0.451. The predicted molar refractivity (Wildman–Crippen MR) is 110 cm³/mol. The predicted octanol–water partition coefficient (Wildman–Crippen LogP) is 5.59. The second kappa shape index (κ2) is 7.44. The molecule has 0 amide bonds. The highest BCUT2D eigenvalue weighted by atomic mass is 79.9. The van der Waals surface area contributed by atoms with E-state index in [1.54, 1.807) is 36.4 Å². The topological polar surface area (TPSA) is 52.6 Å². The molecule has 3 aromatic rings. The summed E-state index contributed by atoms with van der Waals surface area (Å²) < 4.78 is 12.1. The molecule has 1 aliphatic rings. The van der Waals surface area contributed by atoms with Gasteiger partial charge in [0.25, 0.3) is 0 Å². The minimum absolute atomic E-state index is 0.199. The first kappa shape index (κ1) is 18.2. The second-order valence-electron chi connectivity index (χ2n) is 6.35. The van der Waals surface area contributed by atoms with Gasteiger partial charge in [-0.1, -0.05) is 46.3 Å². The van der Waals surface area contributed by atoms with E-state index in [0.29, 0.717) is 22.6 Å². The number of aryl methyl sites for hydroxylation is 1. The number of fused-ring (bicyclic) bond motifs is 1. The lowest BCUT2D eigenvalue weighted by molar-refractivity contribution is 0.0733. The standard InChI is InChI=1S/C23H15BrO4/c1-14-4-2-3-5-18(14)23(26)27-17-10-11-19-20(13-17)28-21(22(19)25)12-15-6-8-16(24)9-7-15/h2-13H,1H3. The van der Waals surface area contributed by atoms with Crippen molar-refractivity contribution in [1.29, 1.82) is 0 Å². The van der Waals surface area contributed by atoms with Crippen LogP contribution in [0.2, 0.25) is 0 Å². The van der Waals surface area contributed by atoms with Crippen LogP contribution in [0.4, 0.5) is 0 Å². The minimum Gasteiger partial charge on any atom is -0.452 e. The van der Waals surface area contributed by atoms with E-state index in [1.165, 1.54) is 0 Å². The molecule has 0 aromatic heterocycles. The van der Waals surface area contributed by atoms with Gasteiger partial charge < -0.3 is 9.47 Å². The van der Waals surface area contributed by atoms with Gasteiger partial charge in [0, 0.05) is 10.5 Å². The first-order valence-electron chi connectivity index (χ1n) is 8.63. The SMILES string of the molecule is Cc1ccccc1C(=O)Oc1ccc2c(c1)OC(=Cc1ccc(Br)cc1)C2=O. The molecule has 0 saturated heterocycles. The van der Waals surface area contributed by atoms with Crippen LogP contribution >= 0.6 is 15.9 Å². The van der Waals surface area contributed by atoms with E-state index in [1.807, 2.05) is 43.3 Å². The van der Waals surface area contributed by atoms with Gasteiger partial charge in [0.2, 0.25) is 5.78 Å². The van der Waals surface area contributed by atoms with Gasteiger partial charge in [0.05, 0.1) is 11.1 Å². The summed E-state index contributed by atoms with van der Waals surface area (Å²) in [7, 11) is 0. The summed E-state index contributed by atoms with van der Waals surface area (Å²) in [5, 5.41) is 0. The van der Waals surface area contributed by atoms with Gasteiger partial charge in [0.1, 0.15) is 11.5 Å². The Kier molecular flexibility index (Phi) is 4.84. The Balaban J connectivity index is 1.56. The van der Waals surface area contributed by atoms with Crippen molar-refractivity contribution >= 4 is 33.8 Å². The number of esters is 1. The molecule has 0 aliphatic carbocycles. The summed E-state index contributed by atoms with van der Waals surface area (Å²) in [6.07, 6.45) is 1.69. The van der Waals surface area contributed by atoms with E-state index in [0.717, 1.165) is 15.6 Å². The number of hydrogen-bond acceptors (Lipinski definition) is 4. The zero-order valence-electron chi connectivity index (χ0n) is 14.9. The molecular weight excluding hydrogens is 420 g/mol. The molecule has 5 heteroatoms. The molecule has 4 nitrogen and oxygen atoms in total. The Morgan fingerprint density at radius 1 is 1.04 bits per heavy atom. The van der Waals surface area contributed by atoms with E-state index in [-0.39, 0.29) is 11.5 Å². The fraction of sp³-hybridized carbons (Fsp3) is 0.0435. The van der Waals surface area contributed by atoms with Crippen LogP contribution in [0.1, 0.15) is 31.8 Å². The van der Waals surface area contributed by atoms with Crippen LogP contribution in [0, 0.1) is 6.92 Å². The highest BCUT2D eigenvalue weighted by molar-refractivity contribution is 9.10. The number of allylic oxidation sites excluding steroid dienone is 1. The van der Waals surface area contributed by atoms with Crippen LogP contribution < -0.4 is 9.47 Å². The van der Waals surface area contributed by atoms with Crippen LogP contribution in [0.15, 0.2) is 77.0 Å². The molecule has 28 heavy (non-hydrogen) atoms. The summed E-state index contributed by atoms with van der Waals surface area (Å²) in [6, 6.07) is 19.5. The summed E-state index contributed by atoms with van der Waals surface area (Å²) in [5.41, 5.74) is 2.63.